The van der Waals surface area contributed by atoms with Gasteiger partial charge in [0.15, 0.2) is 0 Å². The van der Waals surface area contributed by atoms with Crippen molar-refractivity contribution < 1.29 is 9.84 Å². The molecule has 6 heteroatoms. The van der Waals surface area contributed by atoms with Crippen molar-refractivity contribution in [3.63, 3.8) is 0 Å². The summed E-state index contributed by atoms with van der Waals surface area (Å²) in [5.41, 5.74) is 3.00. The summed E-state index contributed by atoms with van der Waals surface area (Å²) in [5.74, 6) is 0.502. The number of hydrogen-bond donors (Lipinski definition) is 1. The van der Waals surface area contributed by atoms with Gasteiger partial charge in [0.25, 0.3) is 0 Å². The van der Waals surface area contributed by atoms with Crippen molar-refractivity contribution in [2.24, 2.45) is 0 Å². The van der Waals surface area contributed by atoms with Gasteiger partial charge in [0, 0.05) is 42.5 Å². The van der Waals surface area contributed by atoms with Crippen LogP contribution in [0.2, 0.25) is 5.02 Å². The van der Waals surface area contributed by atoms with E-state index in [0.29, 0.717) is 22.0 Å². The molecule has 120 valence electrons. The summed E-state index contributed by atoms with van der Waals surface area (Å²) >= 11 is 6.17. The summed E-state index contributed by atoms with van der Waals surface area (Å²) in [6.07, 6.45) is 7.74. The van der Waals surface area contributed by atoms with Crippen LogP contribution in [0.15, 0.2) is 61.2 Å². The van der Waals surface area contributed by atoms with Gasteiger partial charge in [0.05, 0.1) is 23.5 Å². The molecule has 0 atom stereocenters. The number of methoxy groups -OCH3 is 1. The van der Waals surface area contributed by atoms with Gasteiger partial charge < -0.3 is 18.8 Å². The van der Waals surface area contributed by atoms with Crippen LogP contribution in [0.25, 0.3) is 22.6 Å². The Hall–Kier alpha value is -2.92. The minimum Gasteiger partial charge on any atom is -0.507 e. The minimum absolute atomic E-state index is 0.0743. The molecule has 0 aliphatic rings. The molecule has 4 rings (SSSR count). The molecule has 1 N–H and O–H groups in total. The summed E-state index contributed by atoms with van der Waals surface area (Å²) in [4.78, 5) is 4.60. The zero-order chi connectivity index (χ0) is 16.7. The monoisotopic (exact) mass is 339 g/mol. The topological polar surface area (TPSA) is 51.7 Å². The van der Waals surface area contributed by atoms with Gasteiger partial charge in [-0.3, -0.25) is 0 Å². The molecule has 0 amide bonds. The molecule has 0 aliphatic carbocycles. The lowest BCUT2D eigenvalue weighted by atomic mass is 10.1. The molecule has 1 aromatic carbocycles. The first-order chi connectivity index (χ1) is 11.7. The summed E-state index contributed by atoms with van der Waals surface area (Å²) < 4.78 is 9.03. The SMILES string of the molecule is COc1cc(O)c(-c2cn3ccc(-n4cccc4)cc3n2)cc1Cl. The van der Waals surface area contributed by atoms with Crippen molar-refractivity contribution in [3.05, 3.63) is 66.2 Å². The number of benzene rings is 1. The van der Waals surface area contributed by atoms with Crippen LogP contribution in [-0.2, 0) is 0 Å². The van der Waals surface area contributed by atoms with Gasteiger partial charge >= 0.3 is 0 Å². The zero-order valence-electron chi connectivity index (χ0n) is 12.8. The van der Waals surface area contributed by atoms with Crippen LogP contribution < -0.4 is 4.74 Å². The molecular formula is C18H14ClN3O2. The minimum atomic E-state index is 0.0743. The van der Waals surface area contributed by atoms with Crippen LogP contribution in [0.5, 0.6) is 11.5 Å². The quantitative estimate of drug-likeness (QED) is 0.609. The molecule has 24 heavy (non-hydrogen) atoms. The molecule has 0 bridgehead atoms. The van der Waals surface area contributed by atoms with Gasteiger partial charge in [-0.2, -0.15) is 0 Å². The van der Waals surface area contributed by atoms with Gasteiger partial charge in [-0.05, 0) is 24.3 Å². The predicted octanol–water partition coefficient (Wildman–Crippen LogP) is 4.16. The first-order valence-electron chi connectivity index (χ1n) is 7.34. The molecule has 3 aromatic heterocycles. The number of fused-ring (bicyclic) bond motifs is 1. The smallest absolute Gasteiger partial charge is 0.141 e. The lowest BCUT2D eigenvalue weighted by Crippen LogP contribution is -1.91. The van der Waals surface area contributed by atoms with Gasteiger partial charge in [0.1, 0.15) is 17.1 Å². The average molecular weight is 340 g/mol. The summed E-state index contributed by atoms with van der Waals surface area (Å²) in [7, 11) is 1.51. The Labute approximate surface area is 143 Å². The molecule has 5 nitrogen and oxygen atoms in total. The number of pyridine rings is 1. The number of hydrogen-bond acceptors (Lipinski definition) is 3. The number of halogens is 1. The summed E-state index contributed by atoms with van der Waals surface area (Å²) in [6.45, 7) is 0. The van der Waals surface area contributed by atoms with E-state index in [1.165, 1.54) is 13.2 Å². The Morgan fingerprint density at radius 2 is 1.92 bits per heavy atom. The maximum Gasteiger partial charge on any atom is 0.141 e. The fourth-order valence-electron chi connectivity index (χ4n) is 2.67. The Balaban J connectivity index is 1.82. The number of aromatic hydroxyl groups is 1. The summed E-state index contributed by atoms with van der Waals surface area (Å²) in [5, 5.41) is 10.7. The molecule has 0 aliphatic heterocycles. The molecule has 3 heterocycles. The van der Waals surface area contributed by atoms with Gasteiger partial charge in [-0.15, -0.1) is 0 Å². The average Bonchev–Trinajstić information content (AvgIpc) is 3.24. The second kappa shape index (κ2) is 5.62. The van der Waals surface area contributed by atoms with E-state index in [2.05, 4.69) is 4.98 Å². The first-order valence-corrected chi connectivity index (χ1v) is 7.72. The second-order valence-corrected chi connectivity index (χ2v) is 5.78. The molecule has 0 saturated carbocycles. The third-order valence-electron chi connectivity index (χ3n) is 3.89. The standard InChI is InChI=1S/C18H14ClN3O2/c1-24-17-10-16(23)13(9-14(17)19)15-11-22-7-4-12(8-18(22)20-15)21-5-2-3-6-21/h2-11,23H,1H3. The van der Waals surface area contributed by atoms with Crippen LogP contribution in [0, 0.1) is 0 Å². The van der Waals surface area contributed by atoms with E-state index in [4.69, 9.17) is 16.3 Å². The second-order valence-electron chi connectivity index (χ2n) is 5.37. The van der Waals surface area contributed by atoms with Crippen LogP contribution >= 0.6 is 11.6 Å². The van der Waals surface area contributed by atoms with Crippen LogP contribution in [0.4, 0.5) is 0 Å². The van der Waals surface area contributed by atoms with Gasteiger partial charge in [-0.1, -0.05) is 11.6 Å². The Morgan fingerprint density at radius 3 is 2.67 bits per heavy atom. The number of rotatable bonds is 3. The molecule has 4 aromatic rings. The maximum atomic E-state index is 10.2. The van der Waals surface area contributed by atoms with E-state index in [1.54, 1.807) is 6.07 Å². The summed E-state index contributed by atoms with van der Waals surface area (Å²) in [6, 6.07) is 11.1. The van der Waals surface area contributed by atoms with Crippen molar-refractivity contribution in [2.75, 3.05) is 7.11 Å². The van der Waals surface area contributed by atoms with Crippen molar-refractivity contribution in [1.29, 1.82) is 0 Å². The Morgan fingerprint density at radius 1 is 1.12 bits per heavy atom. The number of phenols is 1. The fraction of sp³-hybridized carbons (Fsp3) is 0.0556. The van der Waals surface area contributed by atoms with E-state index in [1.807, 2.05) is 58.0 Å². The molecule has 0 fully saturated rings. The third-order valence-corrected chi connectivity index (χ3v) is 4.19. The molecule has 0 saturated heterocycles. The Bertz CT molecular complexity index is 1020. The van der Waals surface area contributed by atoms with Crippen molar-refractivity contribution >= 4 is 17.2 Å². The number of nitrogens with zero attached hydrogens (tertiary/aromatic N) is 3. The lowest BCUT2D eigenvalue weighted by Gasteiger charge is -2.06. The highest BCUT2D eigenvalue weighted by Gasteiger charge is 2.13. The normalized spacial score (nSPS) is 11.1. The highest BCUT2D eigenvalue weighted by molar-refractivity contribution is 6.32. The van der Waals surface area contributed by atoms with Crippen LogP contribution in [0.1, 0.15) is 0 Å². The Kier molecular flexibility index (Phi) is 3.43. The van der Waals surface area contributed by atoms with Gasteiger partial charge in [0.2, 0.25) is 0 Å². The van der Waals surface area contributed by atoms with Crippen molar-refractivity contribution in [2.45, 2.75) is 0 Å². The van der Waals surface area contributed by atoms with Crippen LogP contribution in [-0.4, -0.2) is 26.2 Å². The molecule has 0 radical (unpaired) electrons. The van der Waals surface area contributed by atoms with Crippen molar-refractivity contribution in [1.82, 2.24) is 14.0 Å². The third kappa shape index (κ3) is 2.39. The highest BCUT2D eigenvalue weighted by atomic mass is 35.5. The van der Waals surface area contributed by atoms with E-state index >= 15 is 0 Å². The van der Waals surface area contributed by atoms with E-state index in [-0.39, 0.29) is 5.75 Å². The number of ether oxygens (including phenoxy) is 1. The fourth-order valence-corrected chi connectivity index (χ4v) is 2.91. The molecule has 0 unspecified atom stereocenters. The predicted molar refractivity (Wildman–Crippen MR) is 93.2 cm³/mol. The highest BCUT2D eigenvalue weighted by Crippen LogP contribution is 2.37. The number of phenolic OH excluding ortho intramolecular Hbond substituents is 1. The lowest BCUT2D eigenvalue weighted by molar-refractivity contribution is 0.408. The van der Waals surface area contributed by atoms with Crippen molar-refractivity contribution in [3.8, 4) is 28.4 Å². The van der Waals surface area contributed by atoms with E-state index in [0.717, 1.165) is 11.3 Å². The zero-order valence-corrected chi connectivity index (χ0v) is 13.6. The molecule has 0 spiro atoms. The maximum absolute atomic E-state index is 10.2. The first kappa shape index (κ1) is 14.7. The number of aromatic nitrogens is 3. The molecular weight excluding hydrogens is 326 g/mol. The van der Waals surface area contributed by atoms with Crippen LogP contribution in [0.3, 0.4) is 0 Å². The number of imidazole rings is 1. The van der Waals surface area contributed by atoms with Gasteiger partial charge in [-0.25, -0.2) is 4.98 Å². The van der Waals surface area contributed by atoms with E-state index in [9.17, 15) is 5.11 Å². The largest absolute Gasteiger partial charge is 0.507 e. The van der Waals surface area contributed by atoms with E-state index < -0.39 is 0 Å².